The van der Waals surface area contributed by atoms with Crippen molar-refractivity contribution < 1.29 is 4.74 Å². The lowest BCUT2D eigenvalue weighted by Gasteiger charge is -2.17. The minimum atomic E-state index is 0.932. The van der Waals surface area contributed by atoms with Crippen LogP contribution in [0.15, 0.2) is 42.2 Å². The van der Waals surface area contributed by atoms with E-state index in [1.54, 1.807) is 7.11 Å². The molecule has 0 N–H and O–H groups in total. The van der Waals surface area contributed by atoms with Crippen molar-refractivity contribution in [3.05, 3.63) is 54.2 Å². The van der Waals surface area contributed by atoms with Crippen molar-refractivity contribution in [2.45, 2.75) is 6.42 Å². The fraction of sp³-hybridized carbons (Fsp3) is 0.267. The van der Waals surface area contributed by atoms with Crippen molar-refractivity contribution >= 4 is 11.3 Å². The molecule has 0 amide bonds. The molecule has 0 fully saturated rings. The van der Waals surface area contributed by atoms with Gasteiger partial charge in [0, 0.05) is 19.8 Å². The van der Waals surface area contributed by atoms with Gasteiger partial charge in [0.15, 0.2) is 0 Å². The van der Waals surface area contributed by atoms with E-state index >= 15 is 0 Å². The second kappa shape index (κ2) is 5.09. The monoisotopic (exact) mass is 228 g/mol. The fourth-order valence-corrected chi connectivity index (χ4v) is 1.88. The maximum Gasteiger partial charge on any atom is 0.115 e. The molecule has 0 heterocycles. The van der Waals surface area contributed by atoms with Crippen LogP contribution in [0.2, 0.25) is 0 Å². The summed E-state index contributed by atoms with van der Waals surface area (Å²) in [6, 6.07) is 8.53. The number of ether oxygens (including phenoxy) is 1. The summed E-state index contributed by atoms with van der Waals surface area (Å²) in [5.74, 6) is 0.942. The van der Waals surface area contributed by atoms with E-state index in [0.717, 1.165) is 12.2 Å². The van der Waals surface area contributed by atoms with Gasteiger partial charge in [-0.15, -0.1) is 0 Å². The Morgan fingerprint density at radius 1 is 1.24 bits per heavy atom. The van der Waals surface area contributed by atoms with Crippen molar-refractivity contribution in [2.24, 2.45) is 0 Å². The summed E-state index contributed by atoms with van der Waals surface area (Å²) >= 11 is 0. The van der Waals surface area contributed by atoms with E-state index < -0.39 is 0 Å². The molecule has 1 aliphatic carbocycles. The molecule has 0 aromatic heterocycles. The summed E-state index contributed by atoms with van der Waals surface area (Å²) < 4.78 is 5.27. The second-order valence-corrected chi connectivity index (χ2v) is 4.29. The van der Waals surface area contributed by atoms with Crippen LogP contribution >= 0.6 is 0 Å². The molecule has 2 heteroatoms. The zero-order valence-corrected chi connectivity index (χ0v) is 10.6. The Morgan fingerprint density at radius 3 is 2.76 bits per heavy atom. The number of nitrogens with zero attached hydrogens (tertiary/aromatic N) is 1. The highest BCUT2D eigenvalue weighted by Crippen LogP contribution is 2.27. The van der Waals surface area contributed by atoms with Gasteiger partial charge in [-0.1, -0.05) is 12.1 Å². The van der Waals surface area contributed by atoms with Gasteiger partial charge in [0.2, 0.25) is 0 Å². The van der Waals surface area contributed by atoms with Crippen LogP contribution < -0.4 is 4.90 Å². The van der Waals surface area contributed by atoms with Crippen LogP contribution in [0.1, 0.15) is 12.0 Å². The molecule has 2 rings (SSSR count). The third-order valence-corrected chi connectivity index (χ3v) is 2.89. The fourth-order valence-electron chi connectivity index (χ4n) is 1.88. The van der Waals surface area contributed by atoms with Crippen molar-refractivity contribution in [1.82, 2.24) is 0 Å². The minimum Gasteiger partial charge on any atom is -0.497 e. The number of anilines is 1. The van der Waals surface area contributed by atoms with Crippen molar-refractivity contribution in [3.8, 4) is 0 Å². The van der Waals surface area contributed by atoms with Crippen LogP contribution in [0.4, 0.5) is 5.69 Å². The van der Waals surface area contributed by atoms with Gasteiger partial charge in [-0.2, -0.15) is 0 Å². The van der Waals surface area contributed by atoms with Crippen LogP contribution in [-0.4, -0.2) is 21.2 Å². The molecule has 0 saturated carbocycles. The van der Waals surface area contributed by atoms with Gasteiger partial charge in [-0.3, -0.25) is 0 Å². The molecule has 89 valence electrons. The van der Waals surface area contributed by atoms with Crippen LogP contribution in [-0.2, 0) is 4.74 Å². The zero-order valence-electron chi connectivity index (χ0n) is 10.6. The number of benzene rings is 1. The van der Waals surface area contributed by atoms with Crippen LogP contribution in [0, 0.1) is 6.42 Å². The van der Waals surface area contributed by atoms with Crippen LogP contribution in [0.3, 0.4) is 0 Å². The highest BCUT2D eigenvalue weighted by molar-refractivity contribution is 5.77. The van der Waals surface area contributed by atoms with Crippen molar-refractivity contribution in [2.75, 3.05) is 26.1 Å². The quantitative estimate of drug-likeness (QED) is 0.787. The lowest BCUT2D eigenvalue weighted by Crippen LogP contribution is -2.08. The largest absolute Gasteiger partial charge is 0.497 e. The van der Waals surface area contributed by atoms with Gasteiger partial charge in [0.05, 0.1) is 7.11 Å². The number of methoxy groups -OCH3 is 1. The van der Waals surface area contributed by atoms with E-state index in [-0.39, 0.29) is 0 Å². The van der Waals surface area contributed by atoms with Gasteiger partial charge in [-0.05, 0) is 48.3 Å². The third-order valence-electron chi connectivity index (χ3n) is 2.89. The molecule has 0 spiro atoms. The first-order valence-corrected chi connectivity index (χ1v) is 5.77. The second-order valence-electron chi connectivity index (χ2n) is 4.29. The van der Waals surface area contributed by atoms with Gasteiger partial charge in [-0.25, -0.2) is 0 Å². The molecular formula is C15H18NO. The molecule has 17 heavy (non-hydrogen) atoms. The maximum absolute atomic E-state index is 5.27. The molecule has 1 radical (unpaired) electrons. The lowest BCUT2D eigenvalue weighted by atomic mass is 9.96. The Kier molecular flexibility index (Phi) is 3.52. The SMILES string of the molecule is COC1=CC[CH]C(c2cccc(N(C)C)c2)=C1. The Balaban J connectivity index is 2.31. The summed E-state index contributed by atoms with van der Waals surface area (Å²) in [4.78, 5) is 2.11. The predicted octanol–water partition coefficient (Wildman–Crippen LogP) is 3.27. The highest BCUT2D eigenvalue weighted by atomic mass is 16.5. The number of hydrogen-bond donors (Lipinski definition) is 0. The normalized spacial score (nSPS) is 15.0. The van der Waals surface area contributed by atoms with Gasteiger partial charge in [0.1, 0.15) is 5.76 Å². The Morgan fingerprint density at radius 2 is 2.06 bits per heavy atom. The first-order chi connectivity index (χ1) is 8.20. The zero-order chi connectivity index (χ0) is 12.3. The maximum atomic E-state index is 5.27. The molecule has 0 atom stereocenters. The van der Waals surface area contributed by atoms with E-state index in [0.29, 0.717) is 0 Å². The standard InChI is InChI=1S/C15H18NO/c1-16(2)14-8-4-6-12(10-14)13-7-5-9-15(11-13)17-3/h4,6-11H,5H2,1-3H3. The molecule has 0 aliphatic heterocycles. The van der Waals surface area contributed by atoms with Gasteiger partial charge >= 0.3 is 0 Å². The summed E-state index contributed by atoms with van der Waals surface area (Å²) in [5, 5.41) is 0. The minimum absolute atomic E-state index is 0.932. The third kappa shape index (κ3) is 2.70. The summed E-state index contributed by atoms with van der Waals surface area (Å²) in [5.41, 5.74) is 3.68. The van der Waals surface area contributed by atoms with Crippen molar-refractivity contribution in [1.29, 1.82) is 0 Å². The smallest absolute Gasteiger partial charge is 0.115 e. The number of allylic oxidation sites excluding steroid dienone is 3. The van der Waals surface area contributed by atoms with Crippen molar-refractivity contribution in [3.63, 3.8) is 0 Å². The van der Waals surface area contributed by atoms with Gasteiger partial charge < -0.3 is 9.64 Å². The Hall–Kier alpha value is -1.70. The average Bonchev–Trinajstić information content (AvgIpc) is 2.39. The lowest BCUT2D eigenvalue weighted by molar-refractivity contribution is 0.305. The van der Waals surface area contributed by atoms with E-state index in [1.807, 2.05) is 0 Å². The predicted molar refractivity (Wildman–Crippen MR) is 72.8 cm³/mol. The van der Waals surface area contributed by atoms with E-state index in [4.69, 9.17) is 4.74 Å². The number of rotatable bonds is 3. The molecule has 2 nitrogen and oxygen atoms in total. The number of hydrogen-bond acceptors (Lipinski definition) is 2. The van der Waals surface area contributed by atoms with E-state index in [1.165, 1.54) is 16.8 Å². The Labute approximate surface area is 103 Å². The highest BCUT2D eigenvalue weighted by Gasteiger charge is 2.09. The Bertz CT molecular complexity index is 458. The molecule has 0 unspecified atom stereocenters. The topological polar surface area (TPSA) is 12.5 Å². The van der Waals surface area contributed by atoms with E-state index in [9.17, 15) is 0 Å². The van der Waals surface area contributed by atoms with Crippen LogP contribution in [0.5, 0.6) is 0 Å². The molecule has 1 aromatic carbocycles. The first kappa shape index (κ1) is 11.8. The summed E-state index contributed by atoms with van der Waals surface area (Å²) in [6.45, 7) is 0. The summed E-state index contributed by atoms with van der Waals surface area (Å²) in [6.07, 6.45) is 7.32. The van der Waals surface area contributed by atoms with Crippen LogP contribution in [0.25, 0.3) is 5.57 Å². The average molecular weight is 228 g/mol. The first-order valence-electron chi connectivity index (χ1n) is 5.77. The molecule has 0 saturated heterocycles. The van der Waals surface area contributed by atoms with E-state index in [2.05, 4.69) is 61.8 Å². The molecule has 1 aliphatic rings. The summed E-state index contributed by atoms with van der Waals surface area (Å²) in [7, 11) is 5.82. The molecule has 1 aromatic rings. The molecular weight excluding hydrogens is 210 g/mol. The van der Waals surface area contributed by atoms with Gasteiger partial charge in [0.25, 0.3) is 0 Å². The molecule has 0 bridgehead atoms.